The van der Waals surface area contributed by atoms with Crippen LogP contribution in [-0.2, 0) is 6.18 Å². The van der Waals surface area contributed by atoms with E-state index in [2.05, 4.69) is 0 Å². The van der Waals surface area contributed by atoms with Gasteiger partial charge in [-0.05, 0) is 6.07 Å². The Hall–Kier alpha value is -0.680. The zero-order chi connectivity index (χ0) is 11.1. The van der Waals surface area contributed by atoms with Gasteiger partial charge in [-0.3, -0.25) is 0 Å². The molecule has 0 heterocycles. The maximum atomic E-state index is 12.9. The minimum absolute atomic E-state index is 0.276. The van der Waals surface area contributed by atoms with Crippen LogP contribution in [-0.4, -0.2) is 5.11 Å². The molecule has 0 bridgehead atoms. The molecule has 0 aromatic heterocycles. The Balaban J connectivity index is 3.49. The molecule has 0 fully saturated rings. The van der Waals surface area contributed by atoms with Crippen LogP contribution in [0.4, 0.5) is 17.6 Å². The molecule has 1 rings (SSSR count). The fourth-order valence-corrected chi connectivity index (χ4v) is 1.25. The Labute approximate surface area is 85.9 Å². The Morgan fingerprint density at radius 3 is 2.14 bits per heavy atom. The molecule has 0 aliphatic rings. The van der Waals surface area contributed by atoms with Gasteiger partial charge in [-0.1, -0.05) is 23.2 Å². The fraction of sp³-hybridized carbons (Fsp3) is 0.143. The molecule has 0 aliphatic carbocycles. The van der Waals surface area contributed by atoms with Crippen molar-refractivity contribution in [3.05, 3.63) is 27.5 Å². The Morgan fingerprint density at radius 2 is 1.71 bits per heavy atom. The van der Waals surface area contributed by atoms with Crippen molar-refractivity contribution in [3.63, 3.8) is 0 Å². The number of phenolic OH excluding ortho intramolecular Hbond substituents is 1. The first-order valence-corrected chi connectivity index (χ1v) is 3.94. The largest absolute Gasteiger partial charge is 0.505 e. The number of halogens is 6. The summed E-state index contributed by atoms with van der Waals surface area (Å²) in [4.78, 5) is 0. The van der Waals surface area contributed by atoms with Gasteiger partial charge in [0.1, 0.15) is 5.02 Å². The van der Waals surface area contributed by atoms with E-state index < -0.39 is 33.4 Å². The number of hydrogen-bond acceptors (Lipinski definition) is 1. The summed E-state index contributed by atoms with van der Waals surface area (Å²) in [5, 5.41) is 7.22. The first kappa shape index (κ1) is 11.4. The Morgan fingerprint density at radius 1 is 1.21 bits per heavy atom. The van der Waals surface area contributed by atoms with Crippen molar-refractivity contribution in [1.29, 1.82) is 0 Å². The lowest BCUT2D eigenvalue weighted by Gasteiger charge is -2.10. The molecule has 1 N–H and O–H groups in total. The van der Waals surface area contributed by atoms with Gasteiger partial charge in [0.05, 0.1) is 10.6 Å². The Bertz CT molecular complexity index is 375. The van der Waals surface area contributed by atoms with E-state index >= 15 is 0 Å². The van der Waals surface area contributed by atoms with Crippen molar-refractivity contribution in [2.45, 2.75) is 6.18 Å². The number of alkyl halides is 3. The molecule has 0 saturated carbocycles. The van der Waals surface area contributed by atoms with Crippen LogP contribution in [0.25, 0.3) is 0 Å². The third kappa shape index (κ3) is 1.88. The molecule has 14 heavy (non-hydrogen) atoms. The number of hydrogen-bond donors (Lipinski definition) is 1. The van der Waals surface area contributed by atoms with Crippen molar-refractivity contribution in [2.24, 2.45) is 0 Å². The van der Waals surface area contributed by atoms with E-state index in [1.807, 2.05) is 0 Å². The second-order valence-electron chi connectivity index (χ2n) is 2.38. The Kier molecular flexibility index (Phi) is 2.83. The fourth-order valence-electron chi connectivity index (χ4n) is 0.792. The summed E-state index contributed by atoms with van der Waals surface area (Å²) in [7, 11) is 0. The SMILES string of the molecule is Oc1c(Cl)cc(C(F)(F)F)c(F)c1Cl. The van der Waals surface area contributed by atoms with Crippen LogP contribution in [0.15, 0.2) is 6.07 Å². The summed E-state index contributed by atoms with van der Waals surface area (Å²) in [6.07, 6.45) is -4.90. The smallest absolute Gasteiger partial charge is 0.419 e. The average Bonchev–Trinajstić information content (AvgIpc) is 2.06. The molecule has 1 aromatic carbocycles. The van der Waals surface area contributed by atoms with Crippen LogP contribution in [0.1, 0.15) is 5.56 Å². The van der Waals surface area contributed by atoms with Crippen molar-refractivity contribution < 1.29 is 22.7 Å². The molecular weight excluding hydrogens is 247 g/mol. The predicted molar refractivity (Wildman–Crippen MR) is 43.1 cm³/mol. The summed E-state index contributed by atoms with van der Waals surface area (Å²) in [5.74, 6) is -2.64. The van der Waals surface area contributed by atoms with Gasteiger partial charge in [0.25, 0.3) is 0 Å². The lowest BCUT2D eigenvalue weighted by molar-refractivity contribution is -0.140. The minimum Gasteiger partial charge on any atom is -0.505 e. The number of phenols is 1. The normalized spacial score (nSPS) is 11.9. The van der Waals surface area contributed by atoms with Crippen LogP contribution in [0.5, 0.6) is 5.75 Å². The predicted octanol–water partition coefficient (Wildman–Crippen LogP) is 3.86. The molecule has 0 amide bonds. The molecule has 1 aromatic rings. The van der Waals surface area contributed by atoms with Crippen molar-refractivity contribution in [2.75, 3.05) is 0 Å². The molecule has 0 aliphatic heterocycles. The summed E-state index contributed by atoms with van der Waals surface area (Å²) >= 11 is 10.3. The van der Waals surface area contributed by atoms with E-state index in [1.165, 1.54) is 0 Å². The maximum absolute atomic E-state index is 12.9. The molecule has 7 heteroatoms. The van der Waals surface area contributed by atoms with E-state index in [4.69, 9.17) is 28.3 Å². The highest BCUT2D eigenvalue weighted by Gasteiger charge is 2.36. The van der Waals surface area contributed by atoms with Gasteiger partial charge in [0.2, 0.25) is 0 Å². The van der Waals surface area contributed by atoms with Crippen LogP contribution in [0.2, 0.25) is 10.0 Å². The van der Waals surface area contributed by atoms with Gasteiger partial charge in [-0.25, -0.2) is 4.39 Å². The van der Waals surface area contributed by atoms with Gasteiger partial charge < -0.3 is 5.11 Å². The van der Waals surface area contributed by atoms with Crippen molar-refractivity contribution in [1.82, 2.24) is 0 Å². The molecule has 0 atom stereocenters. The van der Waals surface area contributed by atoms with Gasteiger partial charge in [-0.15, -0.1) is 0 Å². The molecule has 78 valence electrons. The van der Waals surface area contributed by atoms with Crippen molar-refractivity contribution in [3.8, 4) is 5.75 Å². The van der Waals surface area contributed by atoms with E-state index in [1.54, 1.807) is 0 Å². The highest BCUT2D eigenvalue weighted by molar-refractivity contribution is 6.37. The van der Waals surface area contributed by atoms with Crippen LogP contribution in [0, 0.1) is 5.82 Å². The first-order chi connectivity index (χ1) is 6.25. The van der Waals surface area contributed by atoms with Crippen molar-refractivity contribution >= 4 is 23.2 Å². The second-order valence-corrected chi connectivity index (χ2v) is 3.17. The zero-order valence-electron chi connectivity index (χ0n) is 6.29. The zero-order valence-corrected chi connectivity index (χ0v) is 7.80. The van der Waals surface area contributed by atoms with Gasteiger partial charge in [0.15, 0.2) is 11.6 Å². The van der Waals surface area contributed by atoms with Crippen LogP contribution in [0.3, 0.4) is 0 Å². The summed E-state index contributed by atoms with van der Waals surface area (Å²) in [6.45, 7) is 0. The average molecular weight is 249 g/mol. The molecule has 0 saturated heterocycles. The van der Waals surface area contributed by atoms with Crippen LogP contribution < -0.4 is 0 Å². The summed E-state index contributed by atoms with van der Waals surface area (Å²) in [6, 6.07) is 0.276. The maximum Gasteiger partial charge on any atom is 0.419 e. The first-order valence-electron chi connectivity index (χ1n) is 3.18. The van der Waals surface area contributed by atoms with E-state index in [-0.39, 0.29) is 6.07 Å². The van der Waals surface area contributed by atoms with E-state index in [0.717, 1.165) is 0 Å². The third-order valence-electron chi connectivity index (χ3n) is 1.44. The number of benzene rings is 1. The van der Waals surface area contributed by atoms with Crippen LogP contribution >= 0.6 is 23.2 Å². The number of aromatic hydroxyl groups is 1. The topological polar surface area (TPSA) is 20.2 Å². The highest BCUT2D eigenvalue weighted by atomic mass is 35.5. The second kappa shape index (κ2) is 3.47. The number of rotatable bonds is 0. The van der Waals surface area contributed by atoms with E-state index in [0.29, 0.717) is 0 Å². The third-order valence-corrected chi connectivity index (χ3v) is 2.07. The molecule has 0 spiro atoms. The quantitative estimate of drug-likeness (QED) is 0.546. The van der Waals surface area contributed by atoms with Gasteiger partial charge in [-0.2, -0.15) is 13.2 Å². The summed E-state index contributed by atoms with van der Waals surface area (Å²) in [5.41, 5.74) is -1.61. The van der Waals surface area contributed by atoms with E-state index in [9.17, 15) is 17.6 Å². The summed E-state index contributed by atoms with van der Waals surface area (Å²) < 4.78 is 49.2. The molecule has 0 radical (unpaired) electrons. The molecule has 1 nitrogen and oxygen atoms in total. The standard InChI is InChI=1S/C7H2Cl2F4O/c8-3-1-2(7(11,12)13)5(10)4(9)6(3)14/h1,14H. The van der Waals surface area contributed by atoms with Gasteiger partial charge in [0, 0.05) is 0 Å². The highest BCUT2D eigenvalue weighted by Crippen LogP contribution is 2.41. The lowest BCUT2D eigenvalue weighted by atomic mass is 10.2. The minimum atomic E-state index is -4.90. The monoisotopic (exact) mass is 248 g/mol. The lowest BCUT2D eigenvalue weighted by Crippen LogP contribution is -2.08. The van der Waals surface area contributed by atoms with Gasteiger partial charge >= 0.3 is 6.18 Å². The molecule has 0 unspecified atom stereocenters. The molecular formula is C7H2Cl2F4O.